The highest BCUT2D eigenvalue weighted by Crippen LogP contribution is 2.29. The van der Waals surface area contributed by atoms with Crippen molar-refractivity contribution >= 4 is 29.1 Å². The van der Waals surface area contributed by atoms with Crippen molar-refractivity contribution in [3.63, 3.8) is 0 Å². The van der Waals surface area contributed by atoms with Gasteiger partial charge in [-0.15, -0.1) is 0 Å². The number of hydrogen-bond donors (Lipinski definition) is 1. The van der Waals surface area contributed by atoms with E-state index in [1.165, 1.54) is 0 Å². The van der Waals surface area contributed by atoms with Gasteiger partial charge in [0.25, 0.3) is 0 Å². The van der Waals surface area contributed by atoms with Crippen LogP contribution in [0.5, 0.6) is 0 Å². The summed E-state index contributed by atoms with van der Waals surface area (Å²) in [5, 5.41) is 4.49. The van der Waals surface area contributed by atoms with Crippen LogP contribution in [0.2, 0.25) is 10.0 Å². The minimum absolute atomic E-state index is 0.0673. The summed E-state index contributed by atoms with van der Waals surface area (Å²) in [4.78, 5) is 14.2. The number of carbonyl (C=O) groups excluding carboxylic acids is 1. The van der Waals surface area contributed by atoms with E-state index in [9.17, 15) is 4.79 Å². The first-order valence-electron chi connectivity index (χ1n) is 6.95. The fourth-order valence-corrected chi connectivity index (χ4v) is 3.11. The smallest absolute Gasteiger partial charge is 0.239 e. The molecular weight excluding hydrogens is 295 g/mol. The zero-order valence-electron chi connectivity index (χ0n) is 11.8. The van der Waals surface area contributed by atoms with E-state index in [0.717, 1.165) is 31.4 Å². The van der Waals surface area contributed by atoms with Crippen molar-refractivity contribution < 1.29 is 4.79 Å². The average Bonchev–Trinajstić information content (AvgIpc) is 2.46. The molecule has 1 amide bonds. The first kappa shape index (κ1) is 15.6. The molecule has 0 bridgehead atoms. The molecule has 0 aliphatic carbocycles. The van der Waals surface area contributed by atoms with Crippen molar-refractivity contribution in [2.75, 3.05) is 13.6 Å². The van der Waals surface area contributed by atoms with Crippen LogP contribution in [0.1, 0.15) is 37.8 Å². The molecule has 1 heterocycles. The van der Waals surface area contributed by atoms with Crippen LogP contribution in [0.3, 0.4) is 0 Å². The number of halogens is 2. The van der Waals surface area contributed by atoms with Crippen molar-refractivity contribution in [1.29, 1.82) is 0 Å². The van der Waals surface area contributed by atoms with Crippen LogP contribution in [0.4, 0.5) is 0 Å². The van der Waals surface area contributed by atoms with Crippen LogP contribution >= 0.6 is 23.2 Å². The van der Waals surface area contributed by atoms with Gasteiger partial charge in [0.15, 0.2) is 0 Å². The van der Waals surface area contributed by atoms with Gasteiger partial charge in [0.1, 0.15) is 0 Å². The molecule has 2 rings (SSSR count). The van der Waals surface area contributed by atoms with Gasteiger partial charge in [0.2, 0.25) is 5.91 Å². The molecule has 2 atom stereocenters. The number of benzene rings is 1. The molecule has 20 heavy (non-hydrogen) atoms. The molecule has 0 aromatic heterocycles. The SMILES string of the molecule is CC(c1ccc(Cl)cc1Cl)N(C)C(=O)[C@@H]1CCCCN1. The Kier molecular flexibility index (Phi) is 5.30. The summed E-state index contributed by atoms with van der Waals surface area (Å²) in [5.41, 5.74) is 0.919. The lowest BCUT2D eigenvalue weighted by atomic mass is 10.0. The van der Waals surface area contributed by atoms with Crippen LogP contribution < -0.4 is 5.32 Å². The number of carbonyl (C=O) groups is 1. The maximum absolute atomic E-state index is 12.5. The quantitative estimate of drug-likeness (QED) is 0.923. The molecule has 1 N–H and O–H groups in total. The Morgan fingerprint density at radius 1 is 1.40 bits per heavy atom. The van der Waals surface area contributed by atoms with Crippen molar-refractivity contribution in [2.45, 2.75) is 38.3 Å². The monoisotopic (exact) mass is 314 g/mol. The number of piperidine rings is 1. The van der Waals surface area contributed by atoms with Gasteiger partial charge in [-0.05, 0) is 44.0 Å². The fourth-order valence-electron chi connectivity index (χ4n) is 2.55. The molecule has 1 aromatic carbocycles. The summed E-state index contributed by atoms with van der Waals surface area (Å²) in [7, 11) is 1.83. The summed E-state index contributed by atoms with van der Waals surface area (Å²) in [6.07, 6.45) is 3.16. The summed E-state index contributed by atoms with van der Waals surface area (Å²) >= 11 is 12.1. The predicted molar refractivity (Wildman–Crippen MR) is 83.3 cm³/mol. The number of nitrogens with zero attached hydrogens (tertiary/aromatic N) is 1. The molecule has 0 saturated carbocycles. The van der Waals surface area contributed by atoms with Gasteiger partial charge in [-0.3, -0.25) is 4.79 Å². The second kappa shape index (κ2) is 6.79. The Balaban J connectivity index is 2.10. The minimum Gasteiger partial charge on any atom is -0.338 e. The maximum atomic E-state index is 12.5. The molecule has 5 heteroatoms. The molecule has 1 fully saturated rings. The minimum atomic E-state index is -0.0732. The Hall–Kier alpha value is -0.770. The lowest BCUT2D eigenvalue weighted by Gasteiger charge is -2.32. The van der Waals surface area contributed by atoms with Crippen LogP contribution in [0, 0.1) is 0 Å². The normalized spacial score (nSPS) is 20.5. The van der Waals surface area contributed by atoms with Gasteiger partial charge in [-0.2, -0.15) is 0 Å². The Morgan fingerprint density at radius 3 is 2.75 bits per heavy atom. The first-order chi connectivity index (χ1) is 9.50. The molecule has 0 radical (unpaired) electrons. The number of likely N-dealkylation sites (N-methyl/N-ethyl adjacent to an activating group) is 1. The van der Waals surface area contributed by atoms with Crippen molar-refractivity contribution in [2.24, 2.45) is 0 Å². The largest absolute Gasteiger partial charge is 0.338 e. The van der Waals surface area contributed by atoms with Gasteiger partial charge < -0.3 is 10.2 Å². The first-order valence-corrected chi connectivity index (χ1v) is 7.71. The van der Waals surface area contributed by atoms with Crippen LogP contribution in [0.25, 0.3) is 0 Å². The van der Waals surface area contributed by atoms with Gasteiger partial charge >= 0.3 is 0 Å². The second-order valence-electron chi connectivity index (χ2n) is 5.29. The van der Waals surface area contributed by atoms with E-state index in [1.807, 2.05) is 20.0 Å². The molecule has 1 saturated heterocycles. The molecule has 1 aliphatic heterocycles. The van der Waals surface area contributed by atoms with E-state index in [0.29, 0.717) is 10.0 Å². The van der Waals surface area contributed by atoms with Gasteiger partial charge in [-0.25, -0.2) is 0 Å². The number of hydrogen-bond acceptors (Lipinski definition) is 2. The molecular formula is C15H20Cl2N2O. The van der Waals surface area contributed by atoms with Crippen molar-refractivity contribution in [1.82, 2.24) is 10.2 Å². The van der Waals surface area contributed by atoms with E-state index < -0.39 is 0 Å². The van der Waals surface area contributed by atoms with E-state index in [-0.39, 0.29) is 18.0 Å². The van der Waals surface area contributed by atoms with Crippen molar-refractivity contribution in [3.05, 3.63) is 33.8 Å². The van der Waals surface area contributed by atoms with Gasteiger partial charge in [-0.1, -0.05) is 35.7 Å². The topological polar surface area (TPSA) is 32.3 Å². The number of rotatable bonds is 3. The van der Waals surface area contributed by atoms with Crippen LogP contribution in [-0.2, 0) is 4.79 Å². The second-order valence-corrected chi connectivity index (χ2v) is 6.14. The lowest BCUT2D eigenvalue weighted by molar-refractivity contribution is -0.134. The molecule has 0 spiro atoms. The molecule has 3 nitrogen and oxygen atoms in total. The van der Waals surface area contributed by atoms with Crippen LogP contribution in [-0.4, -0.2) is 30.4 Å². The molecule has 1 aliphatic rings. The summed E-state index contributed by atoms with van der Waals surface area (Å²) < 4.78 is 0. The lowest BCUT2D eigenvalue weighted by Crippen LogP contribution is -2.47. The summed E-state index contributed by atoms with van der Waals surface area (Å²) in [5.74, 6) is 0.128. The zero-order valence-corrected chi connectivity index (χ0v) is 13.3. The molecule has 110 valence electrons. The summed E-state index contributed by atoms with van der Waals surface area (Å²) in [6, 6.07) is 5.26. The van der Waals surface area contributed by atoms with E-state index >= 15 is 0 Å². The third-order valence-electron chi connectivity index (χ3n) is 3.95. The molecule has 1 unspecified atom stereocenters. The highest BCUT2D eigenvalue weighted by atomic mass is 35.5. The van der Waals surface area contributed by atoms with Crippen LogP contribution in [0.15, 0.2) is 18.2 Å². The van der Waals surface area contributed by atoms with E-state index in [1.54, 1.807) is 17.0 Å². The standard InChI is InChI=1S/C15H20Cl2N2O/c1-10(12-7-6-11(16)9-13(12)17)19(2)15(20)14-5-3-4-8-18-14/h6-7,9-10,14,18H,3-5,8H2,1-2H3/t10?,14-/m0/s1. The van der Waals surface area contributed by atoms with E-state index in [2.05, 4.69) is 5.32 Å². The highest BCUT2D eigenvalue weighted by molar-refractivity contribution is 6.35. The Labute approximate surface area is 130 Å². The van der Waals surface area contributed by atoms with E-state index in [4.69, 9.17) is 23.2 Å². The summed E-state index contributed by atoms with van der Waals surface area (Å²) in [6.45, 7) is 2.90. The fraction of sp³-hybridized carbons (Fsp3) is 0.533. The number of amides is 1. The predicted octanol–water partition coefficient (Wildman–Crippen LogP) is 3.65. The third kappa shape index (κ3) is 3.46. The van der Waals surface area contributed by atoms with Gasteiger partial charge in [0, 0.05) is 17.1 Å². The van der Waals surface area contributed by atoms with Crippen molar-refractivity contribution in [3.8, 4) is 0 Å². The molecule has 1 aromatic rings. The Bertz CT molecular complexity index is 487. The Morgan fingerprint density at radius 2 is 2.15 bits per heavy atom. The maximum Gasteiger partial charge on any atom is 0.239 e. The third-order valence-corrected chi connectivity index (χ3v) is 4.51. The average molecular weight is 315 g/mol. The highest BCUT2D eigenvalue weighted by Gasteiger charge is 2.27. The van der Waals surface area contributed by atoms with Gasteiger partial charge in [0.05, 0.1) is 12.1 Å². The zero-order chi connectivity index (χ0) is 14.7. The number of nitrogens with one attached hydrogen (secondary N) is 1.